The third-order valence-corrected chi connectivity index (χ3v) is 10.2. The molecule has 0 unspecified atom stereocenters. The Morgan fingerprint density at radius 3 is 1.30 bits per heavy atom. The highest BCUT2D eigenvalue weighted by atomic mass is 16.2. The lowest BCUT2D eigenvalue weighted by atomic mass is 10.0. The molecule has 0 aliphatic carbocycles. The molecule has 0 atom stereocenters. The summed E-state index contributed by atoms with van der Waals surface area (Å²) in [5, 5.41) is 6.37. The largest absolute Gasteiger partial charge is 0.349 e. The van der Waals surface area contributed by atoms with E-state index >= 15 is 0 Å². The van der Waals surface area contributed by atoms with Crippen LogP contribution < -0.4 is 10.6 Å². The second kappa shape index (κ2) is 13.5. The highest BCUT2D eigenvalue weighted by molar-refractivity contribution is 5.96. The zero-order valence-corrected chi connectivity index (χ0v) is 28.5. The molecule has 2 aromatic heterocycles. The second-order valence-electron chi connectivity index (χ2n) is 13.9. The van der Waals surface area contributed by atoms with Gasteiger partial charge in [0.1, 0.15) is 11.6 Å². The van der Waals surface area contributed by atoms with Crippen molar-refractivity contribution in [3.05, 3.63) is 96.1 Å². The Morgan fingerprint density at radius 1 is 0.560 bits per heavy atom. The van der Waals surface area contributed by atoms with Gasteiger partial charge in [-0.1, -0.05) is 36.4 Å². The Labute approximate surface area is 291 Å². The Morgan fingerprint density at radius 2 is 0.920 bits per heavy atom. The van der Waals surface area contributed by atoms with E-state index in [9.17, 15) is 9.59 Å². The summed E-state index contributed by atoms with van der Waals surface area (Å²) in [6.07, 6.45) is 3.92. The summed E-state index contributed by atoms with van der Waals surface area (Å²) in [5.74, 6) is 1.47. The maximum Gasteiger partial charge on any atom is 0.251 e. The molecular formula is C40H42N8O2. The molecule has 2 saturated heterocycles. The van der Waals surface area contributed by atoms with Crippen LogP contribution in [0.25, 0.3) is 56.0 Å². The van der Waals surface area contributed by atoms with Crippen LogP contribution in [0.2, 0.25) is 0 Å². The Kier molecular flexibility index (Phi) is 8.64. The third kappa shape index (κ3) is 6.77. The number of nitrogens with zero attached hydrogens (tertiary/aromatic N) is 4. The summed E-state index contributed by atoms with van der Waals surface area (Å²) in [6.45, 7) is 4.03. The number of H-pyrrole nitrogens is 2. The van der Waals surface area contributed by atoms with Crippen molar-refractivity contribution >= 4 is 33.9 Å². The van der Waals surface area contributed by atoms with Gasteiger partial charge in [-0.05, 0) is 126 Å². The molecule has 8 rings (SSSR count). The number of aromatic amines is 2. The third-order valence-electron chi connectivity index (χ3n) is 10.2. The van der Waals surface area contributed by atoms with Crippen LogP contribution in [0.5, 0.6) is 0 Å². The standard InChI is InChI=1S/C40H42N8O2/c1-47-19-15-31(16-20-47)41-39(49)27-7-3-25(4-8-27)37-43-33-13-11-29(23-35(33)45-37)30-12-14-34-36(24-30)46-38(44-34)26-5-9-28(10-6-26)40(50)42-32-17-21-48(2)22-18-32/h3-14,23-24,31-32H,15-22H2,1-2H3,(H,41,49)(H,42,50)(H,43,45)(H,44,46). The van der Waals surface area contributed by atoms with Gasteiger partial charge in [-0.2, -0.15) is 0 Å². The molecule has 0 radical (unpaired) electrons. The van der Waals surface area contributed by atoms with Gasteiger partial charge in [0.25, 0.3) is 11.8 Å². The van der Waals surface area contributed by atoms with Gasteiger partial charge in [0.2, 0.25) is 0 Å². The van der Waals surface area contributed by atoms with Crippen LogP contribution in [0.15, 0.2) is 84.9 Å². The molecule has 10 heteroatoms. The van der Waals surface area contributed by atoms with Crippen molar-refractivity contribution in [2.75, 3.05) is 40.3 Å². The van der Waals surface area contributed by atoms with E-state index in [1.54, 1.807) is 0 Å². The predicted molar refractivity (Wildman–Crippen MR) is 198 cm³/mol. The number of piperidine rings is 2. The van der Waals surface area contributed by atoms with Gasteiger partial charge >= 0.3 is 0 Å². The minimum atomic E-state index is -0.0260. The number of amides is 2. The molecule has 4 heterocycles. The number of hydrogen-bond acceptors (Lipinski definition) is 6. The first-order chi connectivity index (χ1) is 24.3. The highest BCUT2D eigenvalue weighted by Gasteiger charge is 2.21. The number of nitrogens with one attached hydrogen (secondary N) is 4. The van der Waals surface area contributed by atoms with Crippen LogP contribution in [-0.4, -0.2) is 93.9 Å². The number of fused-ring (bicyclic) bond motifs is 2. The lowest BCUT2D eigenvalue weighted by Gasteiger charge is -2.29. The van der Waals surface area contributed by atoms with Crippen molar-refractivity contribution in [2.45, 2.75) is 37.8 Å². The molecule has 6 aromatic rings. The van der Waals surface area contributed by atoms with Gasteiger partial charge in [-0.25, -0.2) is 9.97 Å². The van der Waals surface area contributed by atoms with Gasteiger partial charge in [-0.15, -0.1) is 0 Å². The normalized spacial score (nSPS) is 16.6. The van der Waals surface area contributed by atoms with E-state index in [-0.39, 0.29) is 23.9 Å². The monoisotopic (exact) mass is 666 g/mol. The summed E-state index contributed by atoms with van der Waals surface area (Å²) < 4.78 is 0. The number of likely N-dealkylation sites (tertiary alicyclic amines) is 2. The zero-order valence-electron chi connectivity index (χ0n) is 28.5. The molecule has 2 fully saturated rings. The molecule has 50 heavy (non-hydrogen) atoms. The maximum absolute atomic E-state index is 12.8. The predicted octanol–water partition coefficient (Wildman–Crippen LogP) is 6.09. The molecule has 0 spiro atoms. The molecule has 10 nitrogen and oxygen atoms in total. The van der Waals surface area contributed by atoms with E-state index in [0.717, 1.165) is 108 Å². The van der Waals surface area contributed by atoms with Crippen LogP contribution >= 0.6 is 0 Å². The van der Waals surface area contributed by atoms with Crippen LogP contribution in [-0.2, 0) is 0 Å². The van der Waals surface area contributed by atoms with Crippen molar-refractivity contribution in [3.8, 4) is 33.9 Å². The summed E-state index contributed by atoms with van der Waals surface area (Å²) in [4.78, 5) is 46.9. The molecule has 4 N–H and O–H groups in total. The van der Waals surface area contributed by atoms with Crippen LogP contribution in [0.3, 0.4) is 0 Å². The van der Waals surface area contributed by atoms with E-state index in [4.69, 9.17) is 9.97 Å². The fraction of sp³-hybridized carbons (Fsp3) is 0.300. The van der Waals surface area contributed by atoms with E-state index in [2.05, 4.69) is 80.9 Å². The molecular weight excluding hydrogens is 624 g/mol. The lowest BCUT2D eigenvalue weighted by Crippen LogP contribution is -2.43. The second-order valence-corrected chi connectivity index (χ2v) is 13.9. The van der Waals surface area contributed by atoms with Crippen molar-refractivity contribution in [3.63, 3.8) is 0 Å². The van der Waals surface area contributed by atoms with E-state index in [1.807, 2.05) is 48.5 Å². The molecule has 4 aromatic carbocycles. The zero-order chi connectivity index (χ0) is 34.2. The minimum absolute atomic E-state index is 0.0260. The maximum atomic E-state index is 12.8. The Balaban J connectivity index is 0.947. The smallest absolute Gasteiger partial charge is 0.251 e. The summed E-state index contributed by atoms with van der Waals surface area (Å²) in [5.41, 5.74) is 8.87. The van der Waals surface area contributed by atoms with Crippen molar-refractivity contribution in [2.24, 2.45) is 0 Å². The summed E-state index contributed by atoms with van der Waals surface area (Å²) in [7, 11) is 4.24. The molecule has 2 amide bonds. The van der Waals surface area contributed by atoms with Crippen LogP contribution in [0, 0.1) is 0 Å². The van der Waals surface area contributed by atoms with Gasteiger partial charge in [0.05, 0.1) is 22.1 Å². The topological polar surface area (TPSA) is 122 Å². The fourth-order valence-corrected chi connectivity index (χ4v) is 7.05. The number of hydrogen-bond donors (Lipinski definition) is 4. The SMILES string of the molecule is CN1CCC(NC(=O)c2ccc(-c3nc4cc(-c5ccc6[nH]c(-c7ccc(C(=O)NC8CCN(C)CC8)cc7)nc6c5)ccc4[nH]3)cc2)CC1. The van der Waals surface area contributed by atoms with Gasteiger partial charge in [0, 0.05) is 34.3 Å². The van der Waals surface area contributed by atoms with Crippen LogP contribution in [0.1, 0.15) is 46.4 Å². The average Bonchev–Trinajstić information content (AvgIpc) is 3.78. The van der Waals surface area contributed by atoms with Gasteiger partial charge < -0.3 is 30.4 Å². The molecule has 0 saturated carbocycles. The Bertz CT molecular complexity index is 2000. The molecule has 2 aliphatic rings. The van der Waals surface area contributed by atoms with Crippen LogP contribution in [0.4, 0.5) is 0 Å². The van der Waals surface area contributed by atoms with E-state index in [0.29, 0.717) is 11.1 Å². The molecule has 2 aliphatic heterocycles. The number of benzene rings is 4. The molecule has 0 bridgehead atoms. The first-order valence-electron chi connectivity index (χ1n) is 17.5. The summed E-state index contributed by atoms with van der Waals surface area (Å²) >= 11 is 0. The lowest BCUT2D eigenvalue weighted by molar-refractivity contribution is 0.0908. The highest BCUT2D eigenvalue weighted by Crippen LogP contribution is 2.29. The van der Waals surface area contributed by atoms with Gasteiger partial charge in [-0.3, -0.25) is 9.59 Å². The summed E-state index contributed by atoms with van der Waals surface area (Å²) in [6, 6.07) is 28.2. The number of rotatable bonds is 7. The first-order valence-corrected chi connectivity index (χ1v) is 17.5. The van der Waals surface area contributed by atoms with Gasteiger partial charge in [0.15, 0.2) is 0 Å². The van der Waals surface area contributed by atoms with E-state index in [1.165, 1.54) is 0 Å². The van der Waals surface area contributed by atoms with Crippen molar-refractivity contribution in [1.82, 2.24) is 40.4 Å². The number of aromatic nitrogens is 4. The molecule has 254 valence electrons. The fourth-order valence-electron chi connectivity index (χ4n) is 7.05. The average molecular weight is 667 g/mol. The van der Waals surface area contributed by atoms with Crippen molar-refractivity contribution < 1.29 is 9.59 Å². The number of imidazole rings is 2. The number of carbonyl (C=O) groups is 2. The Hall–Kier alpha value is -5.32. The van der Waals surface area contributed by atoms with E-state index < -0.39 is 0 Å². The first kappa shape index (κ1) is 31.9. The van der Waals surface area contributed by atoms with Crippen molar-refractivity contribution in [1.29, 1.82) is 0 Å². The minimum Gasteiger partial charge on any atom is -0.349 e. The number of carbonyl (C=O) groups excluding carboxylic acids is 2. The quantitative estimate of drug-likeness (QED) is 0.164.